The van der Waals surface area contributed by atoms with Gasteiger partial charge in [0.1, 0.15) is 11.6 Å². The van der Waals surface area contributed by atoms with Crippen LogP contribution in [-0.2, 0) is 4.79 Å². The monoisotopic (exact) mass is 332 g/mol. The van der Waals surface area contributed by atoms with Crippen molar-refractivity contribution in [3.05, 3.63) is 60.2 Å². The second-order valence-corrected chi connectivity index (χ2v) is 5.95. The highest BCUT2D eigenvalue weighted by Crippen LogP contribution is 2.14. The molecule has 1 amide bonds. The third-order valence-corrected chi connectivity index (χ3v) is 4.18. The van der Waals surface area contributed by atoms with Crippen molar-refractivity contribution in [3.8, 4) is 0 Å². The Morgan fingerprint density at radius 3 is 2.42 bits per heavy atom. The maximum atomic E-state index is 13.1. The second-order valence-electron chi connectivity index (χ2n) is 5.95. The van der Waals surface area contributed by atoms with Gasteiger partial charge in [-0.05, 0) is 42.5 Å². The molecule has 0 radical (unpaired) electrons. The molecule has 0 spiro atoms. The molecule has 0 atom stereocenters. The van der Waals surface area contributed by atoms with Crippen LogP contribution in [0.2, 0.25) is 0 Å². The molecule has 2 N–H and O–H groups in total. The van der Waals surface area contributed by atoms with E-state index in [4.69, 9.17) is 0 Å². The van der Waals surface area contributed by atoms with E-state index < -0.39 is 0 Å². The number of rotatable bonds is 4. The van der Waals surface area contributed by atoms with Crippen molar-refractivity contribution in [2.24, 2.45) is 0 Å². The molecule has 4 nitrogen and oxygen atoms in total. The van der Waals surface area contributed by atoms with Gasteiger partial charge in [0.25, 0.3) is 5.91 Å². The average molecular weight is 332 g/mol. The smallest absolute Gasteiger partial charge is 0.279 e. The van der Waals surface area contributed by atoms with Crippen molar-refractivity contribution in [2.45, 2.75) is 0 Å². The van der Waals surface area contributed by atoms with Crippen LogP contribution in [0, 0.1) is 11.6 Å². The molecule has 6 heteroatoms. The summed E-state index contributed by atoms with van der Waals surface area (Å²) in [7, 11) is 0. The number of carbonyl (C=O) groups excluding carboxylic acids is 1. The van der Waals surface area contributed by atoms with Crippen LogP contribution in [0.1, 0.15) is 0 Å². The molecule has 126 valence electrons. The summed E-state index contributed by atoms with van der Waals surface area (Å²) in [6.07, 6.45) is 0. The van der Waals surface area contributed by atoms with Gasteiger partial charge in [0.15, 0.2) is 6.54 Å². The van der Waals surface area contributed by atoms with E-state index in [0.29, 0.717) is 12.2 Å². The van der Waals surface area contributed by atoms with Crippen molar-refractivity contribution in [2.75, 3.05) is 42.9 Å². The van der Waals surface area contributed by atoms with Gasteiger partial charge in [-0.2, -0.15) is 0 Å². The minimum Gasteiger partial charge on any atom is -0.360 e. The second kappa shape index (κ2) is 7.40. The molecule has 1 heterocycles. The summed E-state index contributed by atoms with van der Waals surface area (Å²) in [4.78, 5) is 15.4. The van der Waals surface area contributed by atoms with E-state index in [9.17, 15) is 13.6 Å². The number of hydrogen-bond acceptors (Lipinski definition) is 2. The zero-order valence-electron chi connectivity index (χ0n) is 13.3. The number of nitrogens with zero attached hydrogens (tertiary/aromatic N) is 1. The van der Waals surface area contributed by atoms with Crippen LogP contribution in [0.4, 0.5) is 20.2 Å². The van der Waals surface area contributed by atoms with Crippen molar-refractivity contribution in [3.63, 3.8) is 0 Å². The minimum atomic E-state index is -0.368. The SMILES string of the molecule is O=C(C[NH+]1CCN(c2ccc(F)cc2)CC1)Nc1cccc(F)c1. The lowest BCUT2D eigenvalue weighted by molar-refractivity contribution is -0.892. The Labute approximate surface area is 139 Å². The lowest BCUT2D eigenvalue weighted by atomic mass is 10.2. The predicted octanol–water partition coefficient (Wildman–Crippen LogP) is 1.31. The first kappa shape index (κ1) is 16.4. The fraction of sp³-hybridized carbons (Fsp3) is 0.278. The van der Waals surface area contributed by atoms with Crippen LogP contribution in [0.25, 0.3) is 0 Å². The molecule has 0 saturated carbocycles. The molecule has 1 aliphatic heterocycles. The van der Waals surface area contributed by atoms with E-state index in [-0.39, 0.29) is 17.5 Å². The highest BCUT2D eigenvalue weighted by molar-refractivity contribution is 5.91. The summed E-state index contributed by atoms with van der Waals surface area (Å²) in [6.45, 7) is 3.64. The molecule has 0 aromatic heterocycles. The minimum absolute atomic E-state index is 0.120. The molecular weight excluding hydrogens is 312 g/mol. The van der Waals surface area contributed by atoms with Crippen LogP contribution in [0.15, 0.2) is 48.5 Å². The summed E-state index contributed by atoms with van der Waals surface area (Å²) in [5, 5.41) is 2.72. The first-order chi connectivity index (χ1) is 11.6. The van der Waals surface area contributed by atoms with Crippen molar-refractivity contribution < 1.29 is 18.5 Å². The largest absolute Gasteiger partial charge is 0.360 e. The molecule has 1 aliphatic rings. The highest BCUT2D eigenvalue weighted by atomic mass is 19.1. The highest BCUT2D eigenvalue weighted by Gasteiger charge is 2.22. The summed E-state index contributed by atoms with van der Waals surface area (Å²) in [6, 6.07) is 12.4. The van der Waals surface area contributed by atoms with Gasteiger partial charge in [0.2, 0.25) is 0 Å². The molecule has 1 fully saturated rings. The fourth-order valence-corrected chi connectivity index (χ4v) is 2.91. The zero-order chi connectivity index (χ0) is 16.9. The number of hydrogen-bond donors (Lipinski definition) is 2. The van der Waals surface area contributed by atoms with E-state index in [0.717, 1.165) is 31.9 Å². The number of benzene rings is 2. The Bertz CT molecular complexity index is 698. The van der Waals surface area contributed by atoms with Crippen molar-refractivity contribution >= 4 is 17.3 Å². The fourth-order valence-electron chi connectivity index (χ4n) is 2.91. The van der Waals surface area contributed by atoms with Gasteiger partial charge in [-0.1, -0.05) is 6.07 Å². The van der Waals surface area contributed by atoms with Gasteiger partial charge in [0.05, 0.1) is 26.2 Å². The molecule has 2 aromatic carbocycles. The maximum absolute atomic E-state index is 13.1. The predicted molar refractivity (Wildman–Crippen MR) is 89.2 cm³/mol. The molecule has 0 bridgehead atoms. The number of halogens is 2. The van der Waals surface area contributed by atoms with Crippen LogP contribution in [0.3, 0.4) is 0 Å². The summed E-state index contributed by atoms with van der Waals surface area (Å²) in [5.41, 5.74) is 1.48. The third-order valence-electron chi connectivity index (χ3n) is 4.18. The van der Waals surface area contributed by atoms with E-state index in [1.165, 1.54) is 29.2 Å². The lowest BCUT2D eigenvalue weighted by Gasteiger charge is -2.33. The van der Waals surface area contributed by atoms with Gasteiger partial charge in [-0.3, -0.25) is 4.79 Å². The Kier molecular flexibility index (Phi) is 5.05. The van der Waals surface area contributed by atoms with Gasteiger partial charge in [-0.15, -0.1) is 0 Å². The van der Waals surface area contributed by atoms with Crippen LogP contribution in [-0.4, -0.2) is 38.6 Å². The van der Waals surface area contributed by atoms with Crippen LogP contribution >= 0.6 is 0 Å². The molecule has 0 aliphatic carbocycles. The van der Waals surface area contributed by atoms with E-state index in [1.807, 2.05) is 0 Å². The number of carbonyl (C=O) groups is 1. The maximum Gasteiger partial charge on any atom is 0.279 e. The van der Waals surface area contributed by atoms with Crippen LogP contribution < -0.4 is 15.1 Å². The molecule has 1 saturated heterocycles. The van der Waals surface area contributed by atoms with Crippen molar-refractivity contribution in [1.29, 1.82) is 0 Å². The topological polar surface area (TPSA) is 36.8 Å². The molecule has 24 heavy (non-hydrogen) atoms. The lowest BCUT2D eigenvalue weighted by Crippen LogP contribution is -3.15. The number of quaternary nitrogens is 1. The van der Waals surface area contributed by atoms with Gasteiger partial charge in [-0.25, -0.2) is 8.78 Å². The van der Waals surface area contributed by atoms with E-state index in [1.54, 1.807) is 24.3 Å². The Morgan fingerprint density at radius 1 is 1.04 bits per heavy atom. The quantitative estimate of drug-likeness (QED) is 0.886. The Hall–Kier alpha value is -2.47. The number of piperazine rings is 1. The van der Waals surface area contributed by atoms with Crippen LogP contribution in [0.5, 0.6) is 0 Å². The van der Waals surface area contributed by atoms with Gasteiger partial charge >= 0.3 is 0 Å². The first-order valence-electron chi connectivity index (χ1n) is 8.00. The summed E-state index contributed by atoms with van der Waals surface area (Å²) < 4.78 is 26.1. The van der Waals surface area contributed by atoms with Gasteiger partial charge in [0, 0.05) is 11.4 Å². The molecule has 3 rings (SSSR count). The number of anilines is 2. The summed E-state index contributed by atoms with van der Waals surface area (Å²) in [5.74, 6) is -0.726. The average Bonchev–Trinajstić information content (AvgIpc) is 2.56. The third kappa shape index (κ3) is 4.29. The molecular formula is C18H20F2N3O+. The Morgan fingerprint density at radius 2 is 1.75 bits per heavy atom. The summed E-state index contributed by atoms with van der Waals surface area (Å²) >= 11 is 0. The Balaban J connectivity index is 1.48. The van der Waals surface area contributed by atoms with Gasteiger partial charge < -0.3 is 15.1 Å². The normalized spacial score (nSPS) is 15.3. The van der Waals surface area contributed by atoms with E-state index >= 15 is 0 Å². The van der Waals surface area contributed by atoms with Crippen molar-refractivity contribution in [1.82, 2.24) is 0 Å². The molecule has 2 aromatic rings. The first-order valence-corrected chi connectivity index (χ1v) is 8.00. The standard InChI is InChI=1S/C18H19F2N3O/c19-14-4-6-17(7-5-14)23-10-8-22(9-11-23)13-18(24)21-16-3-1-2-15(20)12-16/h1-7,12H,8-11,13H2,(H,21,24)/p+1. The zero-order valence-corrected chi connectivity index (χ0v) is 13.3. The van der Waals surface area contributed by atoms with E-state index in [2.05, 4.69) is 10.2 Å². The molecule has 0 unspecified atom stereocenters. The number of amides is 1. The number of nitrogens with one attached hydrogen (secondary N) is 2.